The van der Waals surface area contributed by atoms with Crippen molar-refractivity contribution in [1.29, 1.82) is 0 Å². The van der Waals surface area contributed by atoms with Crippen molar-refractivity contribution >= 4 is 18.7 Å². The lowest BCUT2D eigenvalue weighted by Crippen LogP contribution is -2.41. The van der Waals surface area contributed by atoms with Crippen molar-refractivity contribution in [3.8, 4) is 0 Å². The van der Waals surface area contributed by atoms with Crippen LogP contribution in [0.2, 0.25) is 0 Å². The molecule has 26 heavy (non-hydrogen) atoms. The van der Waals surface area contributed by atoms with Gasteiger partial charge in [-0.3, -0.25) is 0 Å². The summed E-state index contributed by atoms with van der Waals surface area (Å²) in [6, 6.07) is 7.35. The Bertz CT molecular complexity index is 620. The molecule has 0 radical (unpaired) electrons. The molecule has 0 saturated carbocycles. The third-order valence-electron chi connectivity index (χ3n) is 4.69. The molecule has 1 aliphatic rings. The molecule has 1 aliphatic heterocycles. The number of aliphatic hydroxyl groups excluding tert-OH is 1. The highest BCUT2D eigenvalue weighted by Crippen LogP contribution is 2.36. The minimum atomic E-state index is -0.824. The smallest absolute Gasteiger partial charge is 0.444 e. The van der Waals surface area contributed by atoms with E-state index in [2.05, 4.69) is 5.32 Å². The zero-order valence-electron chi connectivity index (χ0n) is 16.8. The summed E-state index contributed by atoms with van der Waals surface area (Å²) in [4.78, 5) is 11.7. The Morgan fingerprint density at radius 2 is 1.65 bits per heavy atom. The first-order chi connectivity index (χ1) is 11.8. The van der Waals surface area contributed by atoms with Crippen LogP contribution in [-0.4, -0.2) is 41.7 Å². The van der Waals surface area contributed by atoms with Crippen LogP contribution in [0.25, 0.3) is 0 Å². The number of alkyl carbamates (subject to hydrolysis) is 1. The summed E-state index contributed by atoms with van der Waals surface area (Å²) in [5.41, 5.74) is 0.223. The number of rotatable bonds is 4. The van der Waals surface area contributed by atoms with Gasteiger partial charge in [0.05, 0.1) is 23.9 Å². The normalized spacial score (nSPS) is 19.9. The fraction of sp³-hybridized carbons (Fsp3) is 0.632. The molecule has 0 aliphatic carbocycles. The Hall–Kier alpha value is -1.57. The summed E-state index contributed by atoms with van der Waals surface area (Å²) in [5, 5.41) is 12.8. The Labute approximate surface area is 156 Å². The van der Waals surface area contributed by atoms with Gasteiger partial charge in [0.2, 0.25) is 0 Å². The highest BCUT2D eigenvalue weighted by Gasteiger charge is 2.51. The van der Waals surface area contributed by atoms with E-state index in [1.165, 1.54) is 0 Å². The van der Waals surface area contributed by atoms with Crippen LogP contribution in [-0.2, 0) is 14.0 Å². The van der Waals surface area contributed by atoms with Crippen molar-refractivity contribution in [3.63, 3.8) is 0 Å². The van der Waals surface area contributed by atoms with Gasteiger partial charge in [0.15, 0.2) is 0 Å². The fourth-order valence-electron chi connectivity index (χ4n) is 2.47. The third kappa shape index (κ3) is 4.99. The van der Waals surface area contributed by atoms with E-state index in [9.17, 15) is 9.90 Å². The summed E-state index contributed by atoms with van der Waals surface area (Å²) in [7, 11) is -0.439. The fourth-order valence-corrected chi connectivity index (χ4v) is 2.47. The SMILES string of the molecule is CC(C)(C)OC(=O)NCC(O)c1ccc(B2OC(C)(C)C(C)(C)O2)cc1. The molecule has 0 spiro atoms. The van der Waals surface area contributed by atoms with Gasteiger partial charge in [-0.2, -0.15) is 0 Å². The minimum Gasteiger partial charge on any atom is -0.444 e. The highest BCUT2D eigenvalue weighted by molar-refractivity contribution is 6.62. The summed E-state index contributed by atoms with van der Waals surface area (Å²) >= 11 is 0. The van der Waals surface area contributed by atoms with Gasteiger partial charge in [-0.05, 0) is 59.5 Å². The van der Waals surface area contributed by atoms with Crippen LogP contribution < -0.4 is 10.8 Å². The van der Waals surface area contributed by atoms with E-state index in [4.69, 9.17) is 14.0 Å². The van der Waals surface area contributed by atoms with Crippen LogP contribution in [0.1, 0.15) is 60.1 Å². The van der Waals surface area contributed by atoms with Gasteiger partial charge < -0.3 is 24.5 Å². The van der Waals surface area contributed by atoms with Crippen molar-refractivity contribution in [3.05, 3.63) is 29.8 Å². The first-order valence-corrected chi connectivity index (χ1v) is 8.91. The van der Waals surface area contributed by atoms with Crippen LogP contribution in [0, 0.1) is 0 Å². The third-order valence-corrected chi connectivity index (χ3v) is 4.69. The molecule has 1 fully saturated rings. The molecular weight excluding hydrogens is 333 g/mol. The predicted molar refractivity (Wildman–Crippen MR) is 101 cm³/mol. The van der Waals surface area contributed by atoms with E-state index in [1.807, 2.05) is 52.0 Å². The van der Waals surface area contributed by atoms with Crippen molar-refractivity contribution in [1.82, 2.24) is 5.32 Å². The average Bonchev–Trinajstić information content (AvgIpc) is 2.71. The summed E-state index contributed by atoms with van der Waals surface area (Å²) in [5.74, 6) is 0. The topological polar surface area (TPSA) is 77.0 Å². The van der Waals surface area contributed by atoms with Gasteiger partial charge in [-0.1, -0.05) is 24.3 Å². The first kappa shape index (κ1) is 20.7. The van der Waals surface area contributed by atoms with Crippen molar-refractivity contribution in [2.75, 3.05) is 6.54 Å². The van der Waals surface area contributed by atoms with E-state index in [1.54, 1.807) is 20.8 Å². The summed E-state index contributed by atoms with van der Waals surface area (Å²) in [6.45, 7) is 13.5. The van der Waals surface area contributed by atoms with Crippen molar-refractivity contribution in [2.45, 2.75) is 71.4 Å². The van der Waals surface area contributed by atoms with Crippen LogP contribution >= 0.6 is 0 Å². The van der Waals surface area contributed by atoms with Crippen molar-refractivity contribution in [2.24, 2.45) is 0 Å². The molecule has 7 heteroatoms. The molecular formula is C19H30BNO5. The van der Waals surface area contributed by atoms with Gasteiger partial charge in [0.25, 0.3) is 0 Å². The van der Waals surface area contributed by atoms with Crippen LogP contribution in [0.4, 0.5) is 4.79 Å². The molecule has 0 bridgehead atoms. The van der Waals surface area contributed by atoms with E-state index < -0.39 is 36.1 Å². The number of nitrogens with one attached hydrogen (secondary N) is 1. The monoisotopic (exact) mass is 363 g/mol. The van der Waals surface area contributed by atoms with Crippen LogP contribution in [0.3, 0.4) is 0 Å². The summed E-state index contributed by atoms with van der Waals surface area (Å²) in [6.07, 6.45) is -1.37. The molecule has 1 saturated heterocycles. The number of hydrogen-bond acceptors (Lipinski definition) is 5. The van der Waals surface area contributed by atoms with Gasteiger partial charge in [-0.25, -0.2) is 4.79 Å². The van der Waals surface area contributed by atoms with Gasteiger partial charge in [0, 0.05) is 0 Å². The van der Waals surface area contributed by atoms with E-state index >= 15 is 0 Å². The van der Waals surface area contributed by atoms with Crippen LogP contribution in [0.15, 0.2) is 24.3 Å². The number of amides is 1. The quantitative estimate of drug-likeness (QED) is 0.804. The maximum Gasteiger partial charge on any atom is 0.494 e. The Morgan fingerprint density at radius 3 is 2.12 bits per heavy atom. The summed E-state index contributed by atoms with van der Waals surface area (Å²) < 4.78 is 17.2. The maximum absolute atomic E-state index is 11.7. The lowest BCUT2D eigenvalue weighted by atomic mass is 9.78. The molecule has 144 valence electrons. The molecule has 1 unspecified atom stereocenters. The molecule has 1 aromatic carbocycles. The standard InChI is InChI=1S/C19H30BNO5/c1-17(2,3)24-16(23)21-12-15(22)13-8-10-14(11-9-13)20-25-18(4,5)19(6,7)26-20/h8-11,15,22H,12H2,1-7H3,(H,21,23). The zero-order valence-corrected chi connectivity index (χ0v) is 16.8. The molecule has 1 heterocycles. The Balaban J connectivity index is 1.94. The van der Waals surface area contributed by atoms with Crippen molar-refractivity contribution < 1.29 is 23.9 Å². The molecule has 1 atom stereocenters. The second-order valence-electron chi connectivity index (χ2n) is 8.65. The maximum atomic E-state index is 11.7. The Kier molecular flexibility index (Phi) is 5.76. The first-order valence-electron chi connectivity index (χ1n) is 8.91. The largest absolute Gasteiger partial charge is 0.494 e. The number of aliphatic hydroxyl groups is 1. The molecule has 2 N–H and O–H groups in total. The van der Waals surface area contributed by atoms with Crippen LogP contribution in [0.5, 0.6) is 0 Å². The Morgan fingerprint density at radius 1 is 1.15 bits per heavy atom. The minimum absolute atomic E-state index is 0.0742. The predicted octanol–water partition coefficient (Wildman–Crippen LogP) is 2.54. The molecule has 1 amide bonds. The number of hydrogen-bond donors (Lipinski definition) is 2. The van der Waals surface area contributed by atoms with Gasteiger partial charge >= 0.3 is 13.2 Å². The molecule has 6 nitrogen and oxygen atoms in total. The van der Waals surface area contributed by atoms with E-state index in [0.717, 1.165) is 5.46 Å². The zero-order chi connectivity index (χ0) is 19.8. The second kappa shape index (κ2) is 7.21. The van der Waals surface area contributed by atoms with Gasteiger partial charge in [0.1, 0.15) is 5.60 Å². The lowest BCUT2D eigenvalue weighted by molar-refractivity contribution is 0.00578. The molecule has 1 aromatic rings. The second-order valence-corrected chi connectivity index (χ2v) is 8.65. The van der Waals surface area contributed by atoms with E-state index in [-0.39, 0.29) is 6.54 Å². The molecule has 0 aromatic heterocycles. The lowest BCUT2D eigenvalue weighted by Gasteiger charge is -2.32. The van der Waals surface area contributed by atoms with Gasteiger partial charge in [-0.15, -0.1) is 0 Å². The highest BCUT2D eigenvalue weighted by atomic mass is 16.7. The number of ether oxygens (including phenoxy) is 1. The average molecular weight is 363 g/mol. The number of carbonyl (C=O) groups excluding carboxylic acids is 1. The van der Waals surface area contributed by atoms with E-state index in [0.29, 0.717) is 5.56 Å². The number of carbonyl (C=O) groups is 1. The molecule has 2 rings (SSSR count). The number of benzene rings is 1.